The summed E-state index contributed by atoms with van der Waals surface area (Å²) in [6.45, 7) is 3.93. The van der Waals surface area contributed by atoms with Gasteiger partial charge in [0, 0.05) is 10.5 Å². The Morgan fingerprint density at radius 2 is 2.05 bits per heavy atom. The smallest absolute Gasteiger partial charge is 0.258 e. The third-order valence-corrected chi connectivity index (χ3v) is 3.93. The molecule has 102 valence electrons. The Morgan fingerprint density at radius 1 is 1.37 bits per heavy atom. The molecule has 0 atom stereocenters. The summed E-state index contributed by atoms with van der Waals surface area (Å²) in [5.41, 5.74) is 3.91. The second-order valence-corrected chi connectivity index (χ2v) is 5.63. The summed E-state index contributed by atoms with van der Waals surface area (Å²) < 4.78 is 0.988. The van der Waals surface area contributed by atoms with Crippen LogP contribution in [0.4, 0.5) is 0 Å². The van der Waals surface area contributed by atoms with Crippen LogP contribution in [0.25, 0.3) is 6.08 Å². The lowest BCUT2D eigenvalue weighted by Crippen LogP contribution is -3.12. The monoisotopic (exact) mass is 324 g/mol. The van der Waals surface area contributed by atoms with Crippen LogP contribution >= 0.6 is 15.9 Å². The van der Waals surface area contributed by atoms with Crippen LogP contribution < -0.4 is 10.3 Å². The third-order valence-electron chi connectivity index (χ3n) is 3.20. The van der Waals surface area contributed by atoms with Crippen molar-refractivity contribution in [2.75, 3.05) is 33.2 Å². The number of benzene rings is 1. The van der Waals surface area contributed by atoms with Crippen molar-refractivity contribution in [2.24, 2.45) is 0 Å². The van der Waals surface area contributed by atoms with Crippen LogP contribution in [-0.2, 0) is 4.79 Å². The van der Waals surface area contributed by atoms with Crippen LogP contribution in [0.5, 0.6) is 0 Å². The number of hydrazine groups is 1. The van der Waals surface area contributed by atoms with Crippen LogP contribution in [0.1, 0.15) is 5.56 Å². The summed E-state index contributed by atoms with van der Waals surface area (Å²) in [5.74, 6) is -0.0738. The Hall–Kier alpha value is -1.17. The van der Waals surface area contributed by atoms with Gasteiger partial charge in [-0.15, -0.1) is 0 Å². The van der Waals surface area contributed by atoms with Crippen molar-refractivity contribution in [1.82, 2.24) is 10.4 Å². The van der Waals surface area contributed by atoms with E-state index in [1.807, 2.05) is 35.4 Å². The van der Waals surface area contributed by atoms with E-state index in [-0.39, 0.29) is 5.91 Å². The summed E-state index contributed by atoms with van der Waals surface area (Å²) in [6.07, 6.45) is 3.39. The Morgan fingerprint density at radius 3 is 2.74 bits per heavy atom. The fourth-order valence-electron chi connectivity index (χ4n) is 1.97. The Labute approximate surface area is 122 Å². The van der Waals surface area contributed by atoms with Crippen molar-refractivity contribution in [2.45, 2.75) is 0 Å². The van der Waals surface area contributed by atoms with E-state index in [0.717, 1.165) is 36.2 Å². The van der Waals surface area contributed by atoms with Gasteiger partial charge >= 0.3 is 0 Å². The minimum Gasteiger partial charge on any atom is -0.335 e. The van der Waals surface area contributed by atoms with Crippen molar-refractivity contribution in [3.63, 3.8) is 0 Å². The minimum absolute atomic E-state index is 0.0738. The second-order valence-electron chi connectivity index (χ2n) is 4.78. The predicted octanol–water partition coefficient (Wildman–Crippen LogP) is 0.324. The number of quaternary nitrogens is 1. The number of nitrogens with one attached hydrogen (secondary N) is 2. The summed E-state index contributed by atoms with van der Waals surface area (Å²) in [6, 6.07) is 7.83. The molecular formula is C14H19BrN3O+. The van der Waals surface area contributed by atoms with Gasteiger partial charge in [-0.2, -0.15) is 0 Å². The molecule has 1 aromatic carbocycles. The van der Waals surface area contributed by atoms with Crippen LogP contribution in [0, 0.1) is 0 Å². The number of likely N-dealkylation sites (N-methyl/N-ethyl adjacent to an activating group) is 1. The van der Waals surface area contributed by atoms with Gasteiger partial charge in [-0.05, 0) is 17.7 Å². The zero-order valence-electron chi connectivity index (χ0n) is 11.0. The number of carbonyl (C=O) groups is 1. The molecule has 2 rings (SSSR count). The van der Waals surface area contributed by atoms with Crippen LogP contribution in [0.15, 0.2) is 34.8 Å². The minimum atomic E-state index is -0.0738. The second kappa shape index (κ2) is 6.84. The molecule has 4 nitrogen and oxygen atoms in total. The molecule has 2 N–H and O–H groups in total. The van der Waals surface area contributed by atoms with Gasteiger partial charge < -0.3 is 4.90 Å². The lowest BCUT2D eigenvalue weighted by Gasteiger charge is -2.29. The molecule has 1 heterocycles. The highest BCUT2D eigenvalue weighted by Gasteiger charge is 2.17. The van der Waals surface area contributed by atoms with Gasteiger partial charge in [0.1, 0.15) is 0 Å². The van der Waals surface area contributed by atoms with Crippen LogP contribution in [0.2, 0.25) is 0 Å². The van der Waals surface area contributed by atoms with Crippen molar-refractivity contribution in [3.8, 4) is 0 Å². The van der Waals surface area contributed by atoms with E-state index >= 15 is 0 Å². The molecule has 0 radical (unpaired) electrons. The maximum atomic E-state index is 11.8. The SMILES string of the molecule is C[NH+]1CCN(NC(=O)/C=C/c2ccccc2Br)CC1. The number of carbonyl (C=O) groups excluding carboxylic acids is 1. The third kappa shape index (κ3) is 4.45. The number of hydrogen-bond acceptors (Lipinski definition) is 2. The molecule has 5 heteroatoms. The number of hydrogen-bond donors (Lipinski definition) is 2. The number of piperazine rings is 1. The molecule has 19 heavy (non-hydrogen) atoms. The first-order chi connectivity index (χ1) is 9.15. The van der Waals surface area contributed by atoms with E-state index in [1.54, 1.807) is 6.08 Å². The zero-order chi connectivity index (χ0) is 13.7. The highest BCUT2D eigenvalue weighted by molar-refractivity contribution is 9.10. The van der Waals surface area contributed by atoms with Crippen molar-refractivity contribution >= 4 is 27.9 Å². The summed E-state index contributed by atoms with van der Waals surface area (Å²) in [7, 11) is 2.17. The van der Waals surface area contributed by atoms with Crippen LogP contribution in [0.3, 0.4) is 0 Å². The zero-order valence-corrected chi connectivity index (χ0v) is 12.6. The van der Waals surface area contributed by atoms with Gasteiger partial charge in [0.15, 0.2) is 0 Å². The van der Waals surface area contributed by atoms with Gasteiger partial charge in [-0.3, -0.25) is 10.2 Å². The molecule has 0 saturated carbocycles. The van der Waals surface area contributed by atoms with E-state index in [4.69, 9.17) is 0 Å². The molecule has 1 aliphatic heterocycles. The lowest BCUT2D eigenvalue weighted by molar-refractivity contribution is -0.884. The quantitative estimate of drug-likeness (QED) is 0.786. The summed E-state index contributed by atoms with van der Waals surface area (Å²) >= 11 is 3.46. The van der Waals surface area contributed by atoms with E-state index < -0.39 is 0 Å². The fraction of sp³-hybridized carbons (Fsp3) is 0.357. The largest absolute Gasteiger partial charge is 0.335 e. The topological polar surface area (TPSA) is 36.8 Å². The molecular weight excluding hydrogens is 306 g/mol. The number of nitrogens with zero attached hydrogens (tertiary/aromatic N) is 1. The van der Waals surface area contributed by atoms with Gasteiger partial charge in [0.25, 0.3) is 5.91 Å². The molecule has 0 spiro atoms. The number of halogens is 1. The molecule has 0 unspecified atom stereocenters. The first kappa shape index (κ1) is 14.2. The van der Waals surface area contributed by atoms with Gasteiger partial charge in [-0.1, -0.05) is 34.1 Å². The summed E-state index contributed by atoms with van der Waals surface area (Å²) in [4.78, 5) is 13.3. The average molecular weight is 325 g/mol. The highest BCUT2D eigenvalue weighted by Crippen LogP contribution is 2.16. The molecule has 0 aliphatic carbocycles. The van der Waals surface area contributed by atoms with E-state index in [9.17, 15) is 4.79 Å². The standard InChI is InChI=1S/C14H18BrN3O/c1-17-8-10-18(11-9-17)16-14(19)7-6-12-4-2-3-5-13(12)15/h2-7H,8-11H2,1H3,(H,16,19)/p+1/b7-6+. The molecule has 1 saturated heterocycles. The van der Waals surface area contributed by atoms with E-state index in [2.05, 4.69) is 28.4 Å². The lowest BCUT2D eigenvalue weighted by atomic mass is 10.2. The van der Waals surface area contributed by atoms with Crippen LogP contribution in [-0.4, -0.2) is 44.1 Å². The Bertz CT molecular complexity index is 468. The van der Waals surface area contributed by atoms with Gasteiger partial charge in [0.05, 0.1) is 33.2 Å². The average Bonchev–Trinajstić information content (AvgIpc) is 2.40. The maximum absolute atomic E-state index is 11.8. The molecule has 0 bridgehead atoms. The summed E-state index contributed by atoms with van der Waals surface area (Å²) in [5, 5.41) is 1.99. The predicted molar refractivity (Wildman–Crippen MR) is 79.5 cm³/mol. The van der Waals surface area contributed by atoms with Gasteiger partial charge in [-0.25, -0.2) is 5.01 Å². The molecule has 1 fully saturated rings. The first-order valence-electron chi connectivity index (χ1n) is 6.44. The molecule has 1 aromatic rings. The number of rotatable bonds is 3. The fourth-order valence-corrected chi connectivity index (χ4v) is 2.39. The van der Waals surface area contributed by atoms with Crippen molar-refractivity contribution < 1.29 is 9.69 Å². The molecule has 1 amide bonds. The normalized spacial score (nSPS) is 17.8. The number of amides is 1. The first-order valence-corrected chi connectivity index (χ1v) is 7.24. The van der Waals surface area contributed by atoms with E-state index in [0.29, 0.717) is 0 Å². The molecule has 1 aliphatic rings. The highest BCUT2D eigenvalue weighted by atomic mass is 79.9. The van der Waals surface area contributed by atoms with E-state index in [1.165, 1.54) is 4.90 Å². The Kier molecular flexibility index (Phi) is 5.13. The van der Waals surface area contributed by atoms with Gasteiger partial charge in [0.2, 0.25) is 0 Å². The maximum Gasteiger partial charge on any atom is 0.258 e. The van der Waals surface area contributed by atoms with Crippen molar-refractivity contribution in [1.29, 1.82) is 0 Å². The Balaban J connectivity index is 1.86. The molecule has 0 aromatic heterocycles. The van der Waals surface area contributed by atoms with Crippen molar-refractivity contribution in [3.05, 3.63) is 40.4 Å².